The minimum absolute atomic E-state index is 0.171. The first kappa shape index (κ1) is 11.6. The van der Waals surface area contributed by atoms with Crippen LogP contribution in [0.5, 0.6) is 0 Å². The molecule has 5 aliphatic carbocycles. The predicted octanol–water partition coefficient (Wildman–Crippen LogP) is 2.23. The maximum atomic E-state index is 12.2. The number of carboxylic acids is 2. The lowest BCUT2D eigenvalue weighted by molar-refractivity contribution is -0.233. The van der Waals surface area contributed by atoms with E-state index in [2.05, 4.69) is 0 Å². The number of carboxylic acid groups (broad SMARTS) is 2. The van der Waals surface area contributed by atoms with Gasteiger partial charge in [-0.25, -0.2) is 0 Å². The summed E-state index contributed by atoms with van der Waals surface area (Å²) in [7, 11) is 0. The summed E-state index contributed by atoms with van der Waals surface area (Å²) < 4.78 is 0. The average Bonchev–Trinajstić information content (AvgIpc) is 3.06. The molecular formula is C16H20O4. The van der Waals surface area contributed by atoms with E-state index in [1.807, 2.05) is 0 Å². The molecule has 5 aliphatic rings. The van der Waals surface area contributed by atoms with Crippen molar-refractivity contribution in [1.82, 2.24) is 0 Å². The van der Waals surface area contributed by atoms with Crippen molar-refractivity contribution in [2.24, 2.45) is 46.3 Å². The third-order valence-electron chi connectivity index (χ3n) is 8.06. The van der Waals surface area contributed by atoms with E-state index < -0.39 is 22.8 Å². The molecule has 108 valence electrons. The van der Waals surface area contributed by atoms with Gasteiger partial charge in [-0.1, -0.05) is 0 Å². The lowest BCUT2D eigenvalue weighted by Gasteiger charge is -2.65. The van der Waals surface area contributed by atoms with Crippen molar-refractivity contribution in [2.75, 3.05) is 0 Å². The van der Waals surface area contributed by atoms with Crippen molar-refractivity contribution >= 4 is 11.9 Å². The highest BCUT2D eigenvalue weighted by atomic mass is 16.4. The quantitative estimate of drug-likeness (QED) is 0.811. The van der Waals surface area contributed by atoms with Gasteiger partial charge in [-0.2, -0.15) is 0 Å². The summed E-state index contributed by atoms with van der Waals surface area (Å²) in [6, 6.07) is 0. The molecule has 5 fully saturated rings. The first-order valence-electron chi connectivity index (χ1n) is 8.01. The lowest BCUT2D eigenvalue weighted by Crippen LogP contribution is -2.70. The Bertz CT molecular complexity index is 535. The van der Waals surface area contributed by atoms with Gasteiger partial charge in [0.15, 0.2) is 0 Å². The van der Waals surface area contributed by atoms with E-state index >= 15 is 0 Å². The van der Waals surface area contributed by atoms with Crippen molar-refractivity contribution in [3.63, 3.8) is 0 Å². The largest absolute Gasteiger partial charge is 0.481 e. The molecule has 0 saturated heterocycles. The van der Waals surface area contributed by atoms with E-state index in [9.17, 15) is 19.8 Å². The Morgan fingerprint density at radius 1 is 0.900 bits per heavy atom. The molecule has 5 saturated carbocycles. The SMILES string of the molecule is O=C(O)C12CCC(C1)C1C3C4CCC(C4)C3C12C(=O)O. The molecule has 4 heteroatoms. The second kappa shape index (κ2) is 3.07. The van der Waals surface area contributed by atoms with Gasteiger partial charge in [0.25, 0.3) is 0 Å². The zero-order valence-corrected chi connectivity index (χ0v) is 11.4. The normalized spacial score (nSPS) is 61.0. The fraction of sp³-hybridized carbons (Fsp3) is 0.875. The Morgan fingerprint density at radius 3 is 2.30 bits per heavy atom. The summed E-state index contributed by atoms with van der Waals surface area (Å²) in [4.78, 5) is 24.3. The van der Waals surface area contributed by atoms with Gasteiger partial charge in [0, 0.05) is 0 Å². The van der Waals surface area contributed by atoms with E-state index in [4.69, 9.17) is 0 Å². The van der Waals surface area contributed by atoms with E-state index in [0.717, 1.165) is 12.8 Å². The van der Waals surface area contributed by atoms with Gasteiger partial charge >= 0.3 is 11.9 Å². The molecule has 20 heavy (non-hydrogen) atoms. The van der Waals surface area contributed by atoms with Gasteiger partial charge < -0.3 is 10.2 Å². The van der Waals surface area contributed by atoms with Crippen LogP contribution in [0.25, 0.3) is 0 Å². The Balaban J connectivity index is 1.72. The molecule has 0 spiro atoms. The van der Waals surface area contributed by atoms with Crippen LogP contribution in [0.3, 0.4) is 0 Å². The molecule has 0 heterocycles. The smallest absolute Gasteiger partial charge is 0.311 e. The molecule has 4 bridgehead atoms. The van der Waals surface area contributed by atoms with Crippen LogP contribution in [0, 0.1) is 46.3 Å². The zero-order chi connectivity index (χ0) is 13.9. The lowest BCUT2D eigenvalue weighted by atomic mass is 9.36. The minimum Gasteiger partial charge on any atom is -0.481 e. The van der Waals surface area contributed by atoms with Crippen LogP contribution in [-0.2, 0) is 9.59 Å². The van der Waals surface area contributed by atoms with Crippen LogP contribution in [0.1, 0.15) is 38.5 Å². The Morgan fingerprint density at radius 2 is 1.60 bits per heavy atom. The third-order valence-corrected chi connectivity index (χ3v) is 8.06. The van der Waals surface area contributed by atoms with E-state index in [-0.39, 0.29) is 11.8 Å². The second-order valence-electron chi connectivity index (χ2n) is 8.03. The first-order chi connectivity index (χ1) is 9.54. The average molecular weight is 276 g/mol. The standard InChI is InChI=1S/C16H20O4/c17-13(18)15-4-3-9(6-15)12-10-7-1-2-8(5-7)11(10)16(12,15)14(19)20/h7-12H,1-6H2,(H,17,18)(H,19,20). The summed E-state index contributed by atoms with van der Waals surface area (Å²) >= 11 is 0. The van der Waals surface area contributed by atoms with Gasteiger partial charge in [0.1, 0.15) is 0 Å². The number of rotatable bonds is 2. The molecule has 0 aliphatic heterocycles. The van der Waals surface area contributed by atoms with Crippen LogP contribution < -0.4 is 0 Å². The summed E-state index contributed by atoms with van der Waals surface area (Å²) in [5.74, 6) is 0.821. The van der Waals surface area contributed by atoms with E-state index in [0.29, 0.717) is 36.5 Å². The number of carbonyl (C=O) groups is 2. The van der Waals surface area contributed by atoms with E-state index in [1.54, 1.807) is 0 Å². The maximum absolute atomic E-state index is 12.2. The molecule has 0 aromatic carbocycles. The van der Waals surface area contributed by atoms with E-state index in [1.165, 1.54) is 12.8 Å². The van der Waals surface area contributed by atoms with Crippen molar-refractivity contribution < 1.29 is 19.8 Å². The molecule has 8 unspecified atom stereocenters. The van der Waals surface area contributed by atoms with Crippen LogP contribution in [0.4, 0.5) is 0 Å². The van der Waals surface area contributed by atoms with Gasteiger partial charge in [-0.15, -0.1) is 0 Å². The van der Waals surface area contributed by atoms with Crippen LogP contribution in [0.2, 0.25) is 0 Å². The fourth-order valence-electron chi connectivity index (χ4n) is 7.89. The van der Waals surface area contributed by atoms with Crippen molar-refractivity contribution in [3.05, 3.63) is 0 Å². The number of aliphatic carboxylic acids is 2. The summed E-state index contributed by atoms with van der Waals surface area (Å²) in [5.41, 5.74) is -1.86. The second-order valence-corrected chi connectivity index (χ2v) is 8.03. The third kappa shape index (κ3) is 0.832. The Labute approximate surface area is 117 Å². The monoisotopic (exact) mass is 276 g/mol. The summed E-state index contributed by atoms with van der Waals surface area (Å²) in [5, 5.41) is 19.9. The molecule has 8 atom stereocenters. The molecule has 5 rings (SSSR count). The van der Waals surface area contributed by atoms with Crippen LogP contribution >= 0.6 is 0 Å². The Hall–Kier alpha value is -1.06. The molecule has 0 amide bonds. The van der Waals surface area contributed by atoms with Crippen molar-refractivity contribution in [2.45, 2.75) is 38.5 Å². The van der Waals surface area contributed by atoms with Gasteiger partial charge in [0.05, 0.1) is 10.8 Å². The molecule has 0 aromatic heterocycles. The zero-order valence-electron chi connectivity index (χ0n) is 11.4. The molecule has 4 nitrogen and oxygen atoms in total. The van der Waals surface area contributed by atoms with Crippen LogP contribution in [-0.4, -0.2) is 22.2 Å². The van der Waals surface area contributed by atoms with Gasteiger partial charge in [-0.3, -0.25) is 9.59 Å². The highest BCUT2D eigenvalue weighted by molar-refractivity contribution is 5.90. The fourth-order valence-corrected chi connectivity index (χ4v) is 7.89. The number of hydrogen-bond acceptors (Lipinski definition) is 2. The van der Waals surface area contributed by atoms with Crippen molar-refractivity contribution in [1.29, 1.82) is 0 Å². The number of fused-ring (bicyclic) bond motifs is 12. The molecular weight excluding hydrogens is 256 g/mol. The predicted molar refractivity (Wildman–Crippen MR) is 68.8 cm³/mol. The van der Waals surface area contributed by atoms with Crippen molar-refractivity contribution in [3.8, 4) is 0 Å². The maximum Gasteiger partial charge on any atom is 0.311 e. The number of hydrogen-bond donors (Lipinski definition) is 2. The summed E-state index contributed by atoms with van der Waals surface area (Å²) in [6.07, 6.45) is 5.72. The van der Waals surface area contributed by atoms with Crippen LogP contribution in [0.15, 0.2) is 0 Å². The Kier molecular flexibility index (Phi) is 1.78. The molecule has 0 aromatic rings. The minimum atomic E-state index is -0.945. The first-order valence-corrected chi connectivity index (χ1v) is 8.01. The molecule has 2 N–H and O–H groups in total. The highest BCUT2D eigenvalue weighted by Gasteiger charge is 2.87. The molecule has 0 radical (unpaired) electrons. The highest BCUT2D eigenvalue weighted by Crippen LogP contribution is 2.85. The van der Waals surface area contributed by atoms with Gasteiger partial charge in [-0.05, 0) is 74.0 Å². The van der Waals surface area contributed by atoms with Gasteiger partial charge in [0.2, 0.25) is 0 Å². The summed E-state index contributed by atoms with van der Waals surface area (Å²) in [6.45, 7) is 0. The topological polar surface area (TPSA) is 74.6 Å².